The molecule has 0 radical (unpaired) electrons. The Hall–Kier alpha value is -4.03. The first-order chi connectivity index (χ1) is 15.9. The average molecular weight is 460 g/mol. The average Bonchev–Trinajstić information content (AvgIpc) is 2.82. The molecule has 33 heavy (non-hydrogen) atoms. The third-order valence-electron chi connectivity index (χ3n) is 4.85. The summed E-state index contributed by atoms with van der Waals surface area (Å²) in [6.45, 7) is 0.859. The number of ketones is 1. The van der Waals surface area contributed by atoms with E-state index in [1.165, 1.54) is 31.2 Å². The zero-order valence-electron chi connectivity index (χ0n) is 17.6. The molecule has 1 aromatic heterocycles. The van der Waals surface area contributed by atoms with E-state index in [2.05, 4.69) is 4.98 Å². The van der Waals surface area contributed by atoms with E-state index < -0.39 is 18.5 Å². The third kappa shape index (κ3) is 5.25. The number of carbonyl (C=O) groups is 3. The molecule has 0 amide bonds. The summed E-state index contributed by atoms with van der Waals surface area (Å²) in [6, 6.07) is 22.0. The van der Waals surface area contributed by atoms with Crippen LogP contribution in [0.5, 0.6) is 5.75 Å². The number of Topliss-reactive ketones (excluding diaryl/α,β-unsaturated/α-hetero) is 1. The quantitative estimate of drug-likeness (QED) is 0.214. The number of nitrogens with zero attached hydrogens (tertiary/aromatic N) is 1. The molecule has 0 saturated carbocycles. The van der Waals surface area contributed by atoms with Gasteiger partial charge in [0.2, 0.25) is 0 Å². The van der Waals surface area contributed by atoms with E-state index in [4.69, 9.17) is 21.1 Å². The van der Waals surface area contributed by atoms with Gasteiger partial charge in [-0.2, -0.15) is 0 Å². The Morgan fingerprint density at radius 2 is 1.61 bits per heavy atom. The predicted molar refractivity (Wildman–Crippen MR) is 125 cm³/mol. The fourth-order valence-corrected chi connectivity index (χ4v) is 3.41. The van der Waals surface area contributed by atoms with Crippen LogP contribution in [0.2, 0.25) is 5.02 Å². The van der Waals surface area contributed by atoms with Crippen LogP contribution in [0.4, 0.5) is 0 Å². The van der Waals surface area contributed by atoms with Crippen molar-refractivity contribution in [1.82, 2.24) is 4.98 Å². The van der Waals surface area contributed by atoms with Crippen LogP contribution in [0.1, 0.15) is 27.6 Å². The highest BCUT2D eigenvalue weighted by Crippen LogP contribution is 2.26. The van der Waals surface area contributed by atoms with Crippen LogP contribution < -0.4 is 4.74 Å². The SMILES string of the molecule is CC(=O)Oc1ccc(C(=O)COC(=O)c2cc(-c3ccc(Cl)cc3)nc3ccccc23)cc1. The highest BCUT2D eigenvalue weighted by Gasteiger charge is 2.17. The van der Waals surface area contributed by atoms with Crippen molar-refractivity contribution in [2.75, 3.05) is 6.61 Å². The summed E-state index contributed by atoms with van der Waals surface area (Å²) < 4.78 is 10.3. The fraction of sp³-hybridized carbons (Fsp3) is 0.0769. The highest BCUT2D eigenvalue weighted by atomic mass is 35.5. The van der Waals surface area contributed by atoms with Gasteiger partial charge in [0, 0.05) is 28.5 Å². The van der Waals surface area contributed by atoms with E-state index in [1.54, 1.807) is 36.4 Å². The van der Waals surface area contributed by atoms with Crippen molar-refractivity contribution in [3.05, 3.63) is 95.0 Å². The standard InChI is InChI=1S/C26H18ClNO5/c1-16(29)33-20-12-8-18(9-13-20)25(30)15-32-26(31)22-14-24(17-6-10-19(27)11-7-17)28-23-5-3-2-4-21(22)23/h2-14H,15H2,1H3. The lowest BCUT2D eigenvalue weighted by atomic mass is 10.0. The summed E-state index contributed by atoms with van der Waals surface area (Å²) in [5.74, 6) is -1.14. The summed E-state index contributed by atoms with van der Waals surface area (Å²) in [7, 11) is 0. The molecule has 0 fully saturated rings. The molecule has 0 aliphatic rings. The van der Waals surface area contributed by atoms with E-state index in [-0.39, 0.29) is 5.78 Å². The Labute approximate surface area is 194 Å². The van der Waals surface area contributed by atoms with Gasteiger partial charge < -0.3 is 9.47 Å². The largest absolute Gasteiger partial charge is 0.454 e. The molecule has 0 N–H and O–H groups in total. The lowest BCUT2D eigenvalue weighted by Crippen LogP contribution is -2.15. The van der Waals surface area contributed by atoms with E-state index in [9.17, 15) is 14.4 Å². The number of carbonyl (C=O) groups excluding carboxylic acids is 3. The molecule has 0 bridgehead atoms. The molecular formula is C26H18ClNO5. The van der Waals surface area contributed by atoms with Crippen molar-refractivity contribution >= 4 is 40.2 Å². The number of ether oxygens (including phenoxy) is 2. The first-order valence-electron chi connectivity index (χ1n) is 10.1. The van der Waals surface area contributed by atoms with E-state index in [0.29, 0.717) is 38.5 Å². The van der Waals surface area contributed by atoms with Crippen molar-refractivity contribution in [3.8, 4) is 17.0 Å². The number of esters is 2. The summed E-state index contributed by atoms with van der Waals surface area (Å²) in [4.78, 5) is 41.1. The van der Waals surface area contributed by atoms with Gasteiger partial charge >= 0.3 is 11.9 Å². The zero-order chi connectivity index (χ0) is 23.4. The number of aromatic nitrogens is 1. The Bertz CT molecular complexity index is 1350. The number of rotatable bonds is 6. The van der Waals surface area contributed by atoms with Crippen LogP contribution in [0.25, 0.3) is 22.2 Å². The van der Waals surface area contributed by atoms with Gasteiger partial charge in [-0.1, -0.05) is 41.9 Å². The van der Waals surface area contributed by atoms with Gasteiger partial charge in [0.25, 0.3) is 0 Å². The maximum atomic E-state index is 12.9. The van der Waals surface area contributed by atoms with E-state index >= 15 is 0 Å². The molecule has 0 spiro atoms. The van der Waals surface area contributed by atoms with Crippen LogP contribution in [0.15, 0.2) is 78.9 Å². The van der Waals surface area contributed by atoms with E-state index in [1.807, 2.05) is 18.2 Å². The molecule has 0 atom stereocenters. The number of fused-ring (bicyclic) bond motifs is 1. The second-order valence-electron chi connectivity index (χ2n) is 7.20. The maximum Gasteiger partial charge on any atom is 0.339 e. The Morgan fingerprint density at radius 3 is 2.30 bits per heavy atom. The molecule has 4 rings (SSSR count). The summed E-state index contributed by atoms with van der Waals surface area (Å²) in [5, 5.41) is 1.22. The summed E-state index contributed by atoms with van der Waals surface area (Å²) in [6.07, 6.45) is 0. The molecular weight excluding hydrogens is 442 g/mol. The van der Waals surface area contributed by atoms with Crippen LogP contribution >= 0.6 is 11.6 Å². The molecule has 0 aliphatic carbocycles. The number of para-hydroxylation sites is 1. The number of hydrogen-bond donors (Lipinski definition) is 0. The Balaban J connectivity index is 1.55. The smallest absolute Gasteiger partial charge is 0.339 e. The van der Waals surface area contributed by atoms with Crippen molar-refractivity contribution in [1.29, 1.82) is 0 Å². The van der Waals surface area contributed by atoms with Crippen LogP contribution in [-0.4, -0.2) is 29.3 Å². The van der Waals surface area contributed by atoms with Crippen molar-refractivity contribution in [2.45, 2.75) is 6.92 Å². The minimum absolute atomic E-state index is 0.309. The molecule has 0 unspecified atom stereocenters. The number of halogens is 1. The van der Waals surface area contributed by atoms with Gasteiger partial charge in [0.05, 0.1) is 16.8 Å². The summed E-state index contributed by atoms with van der Waals surface area (Å²) in [5.41, 5.74) is 2.65. The normalized spacial score (nSPS) is 10.6. The number of benzene rings is 3. The molecule has 1 heterocycles. The topological polar surface area (TPSA) is 82.6 Å². The van der Waals surface area contributed by atoms with Crippen LogP contribution in [-0.2, 0) is 9.53 Å². The zero-order valence-corrected chi connectivity index (χ0v) is 18.3. The van der Waals surface area contributed by atoms with Gasteiger partial charge in [0.15, 0.2) is 12.4 Å². The molecule has 7 heteroatoms. The summed E-state index contributed by atoms with van der Waals surface area (Å²) >= 11 is 5.98. The van der Waals surface area contributed by atoms with Crippen molar-refractivity contribution in [3.63, 3.8) is 0 Å². The van der Waals surface area contributed by atoms with Crippen LogP contribution in [0.3, 0.4) is 0 Å². The van der Waals surface area contributed by atoms with Crippen molar-refractivity contribution < 1.29 is 23.9 Å². The predicted octanol–water partition coefficient (Wildman–Crippen LogP) is 5.52. The molecule has 0 aliphatic heterocycles. The van der Waals surface area contributed by atoms with Crippen molar-refractivity contribution in [2.24, 2.45) is 0 Å². The first-order valence-corrected chi connectivity index (χ1v) is 10.4. The van der Waals surface area contributed by atoms with Gasteiger partial charge in [-0.25, -0.2) is 9.78 Å². The number of pyridine rings is 1. The molecule has 4 aromatic rings. The first kappa shape index (κ1) is 22.2. The lowest BCUT2D eigenvalue weighted by molar-refractivity contribution is -0.131. The molecule has 164 valence electrons. The second kappa shape index (κ2) is 9.63. The third-order valence-corrected chi connectivity index (χ3v) is 5.10. The van der Waals surface area contributed by atoms with Gasteiger partial charge in [0.1, 0.15) is 5.75 Å². The minimum atomic E-state index is -0.631. The van der Waals surface area contributed by atoms with Gasteiger partial charge in [-0.15, -0.1) is 0 Å². The van der Waals surface area contributed by atoms with Crippen LogP contribution in [0, 0.1) is 0 Å². The Kier molecular flexibility index (Phi) is 6.47. The van der Waals surface area contributed by atoms with Gasteiger partial charge in [-0.05, 0) is 48.5 Å². The lowest BCUT2D eigenvalue weighted by Gasteiger charge is -2.10. The monoisotopic (exact) mass is 459 g/mol. The second-order valence-corrected chi connectivity index (χ2v) is 7.63. The molecule has 6 nitrogen and oxygen atoms in total. The van der Waals surface area contributed by atoms with Gasteiger partial charge in [-0.3, -0.25) is 9.59 Å². The fourth-order valence-electron chi connectivity index (χ4n) is 3.28. The Morgan fingerprint density at radius 1 is 0.909 bits per heavy atom. The number of hydrogen-bond acceptors (Lipinski definition) is 6. The maximum absolute atomic E-state index is 12.9. The molecule has 3 aromatic carbocycles. The highest BCUT2D eigenvalue weighted by molar-refractivity contribution is 6.30. The molecule has 0 saturated heterocycles. The van der Waals surface area contributed by atoms with E-state index in [0.717, 1.165) is 5.56 Å². The minimum Gasteiger partial charge on any atom is -0.454 e.